The van der Waals surface area contributed by atoms with Gasteiger partial charge in [0.1, 0.15) is 24.7 Å². The zero-order valence-corrected chi connectivity index (χ0v) is 14.2. The molecule has 3 aromatic rings. The predicted molar refractivity (Wildman–Crippen MR) is 94.9 cm³/mol. The first-order valence-corrected chi connectivity index (χ1v) is 8.33. The lowest BCUT2D eigenvalue weighted by atomic mass is 10.1. The van der Waals surface area contributed by atoms with E-state index < -0.39 is 0 Å². The molecule has 0 radical (unpaired) electrons. The Hall–Kier alpha value is -2.89. The van der Waals surface area contributed by atoms with Crippen molar-refractivity contribution in [3.63, 3.8) is 0 Å². The maximum Gasteiger partial charge on any atom is 0.232 e. The number of benzene rings is 1. The van der Waals surface area contributed by atoms with Gasteiger partial charge in [0, 0.05) is 35.9 Å². The van der Waals surface area contributed by atoms with Gasteiger partial charge in [0.2, 0.25) is 5.88 Å². The highest BCUT2D eigenvalue weighted by molar-refractivity contribution is 5.84. The Balaban J connectivity index is 1.55. The minimum Gasteiger partial charge on any atom is -0.490 e. The lowest BCUT2D eigenvalue weighted by Crippen LogP contribution is -2.09. The fourth-order valence-corrected chi connectivity index (χ4v) is 2.65. The third kappa shape index (κ3) is 4.79. The van der Waals surface area contributed by atoms with E-state index in [1.54, 1.807) is 25.5 Å². The lowest BCUT2D eigenvalue weighted by molar-refractivity contribution is -0.117. The summed E-state index contributed by atoms with van der Waals surface area (Å²) in [5.41, 5.74) is 2.28. The summed E-state index contributed by atoms with van der Waals surface area (Å²) in [5, 5.41) is 1.14. The van der Waals surface area contributed by atoms with Gasteiger partial charge in [0.15, 0.2) is 0 Å². The molecule has 0 amide bonds. The number of nitrogens with one attached hydrogen (secondary N) is 1. The molecule has 0 saturated carbocycles. The highest BCUT2D eigenvalue weighted by Gasteiger charge is 2.06. The molecule has 3 rings (SSSR count). The molecular weight excluding hydrogens is 318 g/mol. The minimum atomic E-state index is 0.229. The fourth-order valence-electron chi connectivity index (χ4n) is 2.65. The number of aromatic nitrogens is 3. The van der Waals surface area contributed by atoms with Crippen LogP contribution in [0.1, 0.15) is 25.3 Å². The summed E-state index contributed by atoms with van der Waals surface area (Å²) in [5.74, 6) is 1.51. The van der Waals surface area contributed by atoms with E-state index in [0.717, 1.165) is 29.5 Å². The zero-order valence-electron chi connectivity index (χ0n) is 14.2. The Morgan fingerprint density at radius 3 is 2.88 bits per heavy atom. The number of hydrogen-bond donors (Lipinski definition) is 1. The van der Waals surface area contributed by atoms with Gasteiger partial charge in [-0.05, 0) is 43.5 Å². The summed E-state index contributed by atoms with van der Waals surface area (Å²) >= 11 is 0. The molecule has 25 heavy (non-hydrogen) atoms. The van der Waals surface area contributed by atoms with Crippen LogP contribution in [0.15, 0.2) is 43.0 Å². The molecule has 1 aromatic carbocycles. The van der Waals surface area contributed by atoms with Crippen LogP contribution in [0.5, 0.6) is 11.6 Å². The van der Waals surface area contributed by atoms with Crippen molar-refractivity contribution in [2.75, 3.05) is 13.2 Å². The number of hydrogen-bond acceptors (Lipinski definition) is 5. The molecule has 6 heteroatoms. The summed E-state index contributed by atoms with van der Waals surface area (Å²) in [4.78, 5) is 22.3. The Morgan fingerprint density at radius 2 is 2.08 bits per heavy atom. The highest BCUT2D eigenvalue weighted by Crippen LogP contribution is 2.25. The Kier molecular flexibility index (Phi) is 5.61. The molecule has 0 saturated heterocycles. The molecule has 0 aliphatic carbocycles. The first kappa shape index (κ1) is 17.0. The Bertz CT molecular complexity index is 830. The third-order valence-electron chi connectivity index (χ3n) is 3.86. The van der Waals surface area contributed by atoms with Gasteiger partial charge in [-0.15, -0.1) is 0 Å². The average molecular weight is 339 g/mol. The van der Waals surface area contributed by atoms with Crippen LogP contribution in [0.2, 0.25) is 0 Å². The predicted octanol–water partition coefficient (Wildman–Crippen LogP) is 3.33. The van der Waals surface area contributed by atoms with Crippen molar-refractivity contribution in [1.82, 2.24) is 15.0 Å². The quantitative estimate of drug-likeness (QED) is 0.605. The number of fused-ring (bicyclic) bond motifs is 1. The molecule has 130 valence electrons. The average Bonchev–Trinajstić information content (AvgIpc) is 3.02. The first-order chi connectivity index (χ1) is 12.2. The minimum absolute atomic E-state index is 0.229. The Labute approximate surface area is 146 Å². The van der Waals surface area contributed by atoms with Crippen molar-refractivity contribution in [1.29, 1.82) is 0 Å². The van der Waals surface area contributed by atoms with Crippen LogP contribution in [0.25, 0.3) is 10.9 Å². The van der Waals surface area contributed by atoms with Gasteiger partial charge in [0.25, 0.3) is 0 Å². The standard InChI is InChI=1S/C19H21N3O3/c1-14(23)3-2-4-15-12-22-18-6-5-16(11-17(15)18)24-9-10-25-19-13-20-7-8-21-19/h5-8,11-13,22H,2-4,9-10H2,1H3. The second-order valence-corrected chi connectivity index (χ2v) is 5.82. The van der Waals surface area contributed by atoms with Crippen LogP contribution >= 0.6 is 0 Å². The van der Waals surface area contributed by atoms with Gasteiger partial charge in [-0.3, -0.25) is 4.98 Å². The summed E-state index contributed by atoms with van der Waals surface area (Å²) in [6.07, 6.45) is 9.11. The number of aryl methyl sites for hydroxylation is 1. The molecule has 0 unspecified atom stereocenters. The van der Waals surface area contributed by atoms with E-state index in [9.17, 15) is 4.79 Å². The SMILES string of the molecule is CC(=O)CCCc1c[nH]c2ccc(OCCOc3cnccn3)cc12. The van der Waals surface area contributed by atoms with E-state index in [0.29, 0.717) is 25.5 Å². The molecule has 6 nitrogen and oxygen atoms in total. The van der Waals surface area contributed by atoms with Crippen LogP contribution in [0.3, 0.4) is 0 Å². The number of carbonyl (C=O) groups excluding carboxylic acids is 1. The third-order valence-corrected chi connectivity index (χ3v) is 3.86. The van der Waals surface area contributed by atoms with Crippen LogP contribution in [0, 0.1) is 0 Å². The summed E-state index contributed by atoms with van der Waals surface area (Å²) in [6, 6.07) is 5.96. The van der Waals surface area contributed by atoms with Crippen LogP contribution in [0.4, 0.5) is 0 Å². The molecule has 0 bridgehead atoms. The van der Waals surface area contributed by atoms with E-state index in [1.807, 2.05) is 24.4 Å². The zero-order chi connectivity index (χ0) is 17.5. The number of Topliss-reactive ketones (excluding diaryl/α,β-unsaturated/α-hetero) is 1. The van der Waals surface area contributed by atoms with Crippen molar-refractivity contribution >= 4 is 16.7 Å². The van der Waals surface area contributed by atoms with Gasteiger partial charge < -0.3 is 19.3 Å². The fraction of sp³-hybridized carbons (Fsp3) is 0.316. The van der Waals surface area contributed by atoms with Crippen molar-refractivity contribution < 1.29 is 14.3 Å². The number of aromatic amines is 1. The van der Waals surface area contributed by atoms with E-state index in [4.69, 9.17) is 9.47 Å². The molecule has 0 atom stereocenters. The van der Waals surface area contributed by atoms with E-state index in [2.05, 4.69) is 15.0 Å². The van der Waals surface area contributed by atoms with Gasteiger partial charge in [0.05, 0.1) is 6.20 Å². The highest BCUT2D eigenvalue weighted by atomic mass is 16.5. The van der Waals surface area contributed by atoms with Crippen molar-refractivity contribution in [2.24, 2.45) is 0 Å². The molecular formula is C19H21N3O3. The Morgan fingerprint density at radius 1 is 1.20 bits per heavy atom. The largest absolute Gasteiger partial charge is 0.490 e. The topological polar surface area (TPSA) is 77.1 Å². The van der Waals surface area contributed by atoms with Gasteiger partial charge in [-0.25, -0.2) is 4.98 Å². The van der Waals surface area contributed by atoms with Crippen molar-refractivity contribution in [3.05, 3.63) is 48.5 Å². The van der Waals surface area contributed by atoms with Crippen LogP contribution < -0.4 is 9.47 Å². The molecule has 0 aliphatic rings. The molecule has 0 spiro atoms. The van der Waals surface area contributed by atoms with Gasteiger partial charge in [-0.2, -0.15) is 0 Å². The normalized spacial score (nSPS) is 10.8. The number of carbonyl (C=O) groups is 1. The maximum absolute atomic E-state index is 11.1. The van der Waals surface area contributed by atoms with Crippen molar-refractivity contribution in [3.8, 4) is 11.6 Å². The summed E-state index contributed by atoms with van der Waals surface area (Å²) in [7, 11) is 0. The van der Waals surface area contributed by atoms with E-state index in [-0.39, 0.29) is 5.78 Å². The number of H-pyrrole nitrogens is 1. The monoisotopic (exact) mass is 339 g/mol. The summed E-state index contributed by atoms with van der Waals surface area (Å²) < 4.78 is 11.2. The van der Waals surface area contributed by atoms with Crippen LogP contribution in [-0.4, -0.2) is 33.9 Å². The molecule has 2 aromatic heterocycles. The van der Waals surface area contributed by atoms with Crippen molar-refractivity contribution in [2.45, 2.75) is 26.2 Å². The lowest BCUT2D eigenvalue weighted by Gasteiger charge is -2.08. The molecule has 1 N–H and O–H groups in total. The van der Waals surface area contributed by atoms with E-state index >= 15 is 0 Å². The molecule has 2 heterocycles. The van der Waals surface area contributed by atoms with Gasteiger partial charge >= 0.3 is 0 Å². The second kappa shape index (κ2) is 8.28. The molecule has 0 aliphatic heterocycles. The van der Waals surface area contributed by atoms with E-state index in [1.165, 1.54) is 5.56 Å². The van der Waals surface area contributed by atoms with Gasteiger partial charge in [-0.1, -0.05) is 0 Å². The maximum atomic E-state index is 11.1. The number of ether oxygens (including phenoxy) is 2. The second-order valence-electron chi connectivity index (χ2n) is 5.82. The first-order valence-electron chi connectivity index (χ1n) is 8.33. The number of ketones is 1. The smallest absolute Gasteiger partial charge is 0.232 e. The number of nitrogens with zero attached hydrogens (tertiary/aromatic N) is 2. The number of rotatable bonds is 9. The summed E-state index contributed by atoms with van der Waals surface area (Å²) in [6.45, 7) is 2.45. The van der Waals surface area contributed by atoms with Crippen LogP contribution in [-0.2, 0) is 11.2 Å². The molecule has 0 fully saturated rings.